The summed E-state index contributed by atoms with van der Waals surface area (Å²) in [5.41, 5.74) is 4.74. The minimum absolute atomic E-state index is 0.111. The highest BCUT2D eigenvalue weighted by molar-refractivity contribution is 6.31. The second-order valence-electron chi connectivity index (χ2n) is 7.58. The Bertz CT molecular complexity index is 965. The number of fused-ring (bicyclic) bond motifs is 3. The van der Waals surface area contributed by atoms with Gasteiger partial charge in [0.15, 0.2) is 0 Å². The molecule has 3 aromatic rings. The van der Waals surface area contributed by atoms with Crippen LogP contribution in [0.25, 0.3) is 10.9 Å². The molecule has 4 rings (SSSR count). The van der Waals surface area contributed by atoms with E-state index >= 15 is 0 Å². The molecule has 27 heavy (non-hydrogen) atoms. The molecule has 2 unspecified atom stereocenters. The first-order valence-electron chi connectivity index (χ1n) is 9.35. The van der Waals surface area contributed by atoms with Gasteiger partial charge in [-0.2, -0.15) is 0 Å². The zero-order valence-electron chi connectivity index (χ0n) is 15.6. The van der Waals surface area contributed by atoms with Gasteiger partial charge in [0.2, 0.25) is 0 Å². The highest BCUT2D eigenvalue weighted by atomic mass is 35.5. The third-order valence-electron chi connectivity index (χ3n) is 5.67. The lowest BCUT2D eigenvalue weighted by Crippen LogP contribution is -2.28. The molecule has 1 aliphatic heterocycles. The van der Waals surface area contributed by atoms with Gasteiger partial charge in [0.25, 0.3) is 0 Å². The van der Waals surface area contributed by atoms with E-state index in [1.807, 2.05) is 12.1 Å². The van der Waals surface area contributed by atoms with Crippen LogP contribution in [0.3, 0.4) is 0 Å². The van der Waals surface area contributed by atoms with E-state index in [2.05, 4.69) is 22.6 Å². The first kappa shape index (κ1) is 18.5. The van der Waals surface area contributed by atoms with Crippen molar-refractivity contribution in [1.29, 1.82) is 0 Å². The fraction of sp³-hybridized carbons (Fsp3) is 0.364. The van der Waals surface area contributed by atoms with E-state index in [1.54, 1.807) is 19.1 Å². The van der Waals surface area contributed by atoms with Crippen LogP contribution in [0.1, 0.15) is 29.7 Å². The molecular weight excluding hydrogens is 363 g/mol. The van der Waals surface area contributed by atoms with Crippen LogP contribution in [-0.4, -0.2) is 34.3 Å². The van der Waals surface area contributed by atoms with Gasteiger partial charge in [0.1, 0.15) is 5.82 Å². The van der Waals surface area contributed by atoms with Gasteiger partial charge in [-0.05, 0) is 55.4 Å². The molecule has 0 saturated heterocycles. The third kappa shape index (κ3) is 3.49. The number of hydrogen-bond acceptors (Lipinski definition) is 2. The maximum absolute atomic E-state index is 13.4. The Kier molecular flexibility index (Phi) is 4.97. The lowest BCUT2D eigenvalue weighted by molar-refractivity contribution is 0.153. The molecule has 0 aliphatic carbocycles. The molecule has 0 spiro atoms. The van der Waals surface area contributed by atoms with Gasteiger partial charge in [-0.25, -0.2) is 4.39 Å². The molecule has 1 aromatic heterocycles. The predicted octanol–water partition coefficient (Wildman–Crippen LogP) is 4.59. The molecule has 0 saturated carbocycles. The summed E-state index contributed by atoms with van der Waals surface area (Å²) in [6.07, 6.45) is 0.427. The van der Waals surface area contributed by atoms with Gasteiger partial charge in [-0.3, -0.25) is 0 Å². The summed E-state index contributed by atoms with van der Waals surface area (Å²) in [5.74, 6) is -0.370. The molecule has 1 N–H and O–H groups in total. The maximum Gasteiger partial charge on any atom is 0.123 e. The zero-order valence-corrected chi connectivity index (χ0v) is 16.4. The van der Waals surface area contributed by atoms with Crippen LogP contribution in [0, 0.1) is 5.82 Å². The Morgan fingerprint density at radius 3 is 2.63 bits per heavy atom. The van der Waals surface area contributed by atoms with Gasteiger partial charge in [0, 0.05) is 53.6 Å². The normalized spacial score (nSPS) is 17.1. The summed E-state index contributed by atoms with van der Waals surface area (Å²) < 4.78 is 15.7. The molecule has 0 amide bonds. The standard InChI is InChI=1S/C22H24ClFN2O/c1-14(27)19(15-3-6-17(24)7-4-15)13-26-21-8-5-16(23)11-18(21)20-12-25(2)10-9-22(20)26/h3-8,11,14,19,27H,9-10,12-13H2,1-2H3. The molecular formula is C22H24ClFN2O. The van der Waals surface area contributed by atoms with Gasteiger partial charge in [0.05, 0.1) is 6.10 Å². The average molecular weight is 387 g/mol. The summed E-state index contributed by atoms with van der Waals surface area (Å²) in [7, 11) is 2.13. The number of nitrogens with zero attached hydrogens (tertiary/aromatic N) is 2. The molecule has 2 atom stereocenters. The minimum atomic E-state index is -0.540. The summed E-state index contributed by atoms with van der Waals surface area (Å²) >= 11 is 6.28. The molecule has 0 radical (unpaired) electrons. The maximum atomic E-state index is 13.4. The lowest BCUT2D eigenvalue weighted by atomic mass is 9.93. The first-order chi connectivity index (χ1) is 12.9. The van der Waals surface area contributed by atoms with Crippen LogP contribution >= 0.6 is 11.6 Å². The second kappa shape index (κ2) is 7.27. The summed E-state index contributed by atoms with van der Waals surface area (Å²) in [6.45, 7) is 4.36. The van der Waals surface area contributed by atoms with Gasteiger partial charge in [-0.1, -0.05) is 23.7 Å². The van der Waals surface area contributed by atoms with Crippen molar-refractivity contribution < 1.29 is 9.50 Å². The Balaban J connectivity index is 1.81. The summed E-state index contributed by atoms with van der Waals surface area (Å²) in [6, 6.07) is 12.5. The van der Waals surface area contributed by atoms with E-state index < -0.39 is 6.10 Å². The van der Waals surface area contributed by atoms with E-state index in [0.29, 0.717) is 6.54 Å². The van der Waals surface area contributed by atoms with Crippen molar-refractivity contribution in [3.05, 3.63) is 70.1 Å². The summed E-state index contributed by atoms with van der Waals surface area (Å²) in [5, 5.41) is 12.4. The molecule has 0 fully saturated rings. The third-order valence-corrected chi connectivity index (χ3v) is 5.90. The van der Waals surface area contributed by atoms with E-state index in [1.165, 1.54) is 28.8 Å². The number of hydrogen-bond donors (Lipinski definition) is 1. The van der Waals surface area contributed by atoms with Crippen molar-refractivity contribution in [2.45, 2.75) is 38.5 Å². The quantitative estimate of drug-likeness (QED) is 0.710. The fourth-order valence-electron chi connectivity index (χ4n) is 4.21. The van der Waals surface area contributed by atoms with E-state index in [9.17, 15) is 9.50 Å². The van der Waals surface area contributed by atoms with Gasteiger partial charge in [-0.15, -0.1) is 0 Å². The average Bonchev–Trinajstić information content (AvgIpc) is 2.92. The topological polar surface area (TPSA) is 28.4 Å². The molecule has 1 aliphatic rings. The number of benzene rings is 2. The van der Waals surface area contributed by atoms with Crippen LogP contribution in [0.5, 0.6) is 0 Å². The molecule has 2 heterocycles. The number of halogens is 2. The number of aliphatic hydroxyl groups excluding tert-OH is 1. The number of aliphatic hydroxyl groups is 1. The van der Waals surface area contributed by atoms with Crippen LogP contribution in [0.4, 0.5) is 4.39 Å². The van der Waals surface area contributed by atoms with Crippen LogP contribution in [-0.2, 0) is 19.5 Å². The van der Waals surface area contributed by atoms with Crippen LogP contribution in [0.15, 0.2) is 42.5 Å². The highest BCUT2D eigenvalue weighted by Gasteiger charge is 2.26. The lowest BCUT2D eigenvalue weighted by Gasteiger charge is -2.27. The van der Waals surface area contributed by atoms with Crippen molar-refractivity contribution in [3.63, 3.8) is 0 Å². The number of rotatable bonds is 4. The summed E-state index contributed by atoms with van der Waals surface area (Å²) in [4.78, 5) is 2.32. The number of aromatic nitrogens is 1. The largest absolute Gasteiger partial charge is 0.393 e. The monoisotopic (exact) mass is 386 g/mol. The first-order valence-corrected chi connectivity index (χ1v) is 9.73. The van der Waals surface area contributed by atoms with E-state index in [0.717, 1.165) is 35.6 Å². The van der Waals surface area contributed by atoms with Gasteiger partial charge < -0.3 is 14.6 Å². The molecule has 0 bridgehead atoms. The predicted molar refractivity (Wildman–Crippen MR) is 108 cm³/mol. The van der Waals surface area contributed by atoms with Crippen LogP contribution < -0.4 is 0 Å². The molecule has 5 heteroatoms. The smallest absolute Gasteiger partial charge is 0.123 e. The van der Waals surface area contributed by atoms with E-state index in [-0.39, 0.29) is 11.7 Å². The van der Waals surface area contributed by atoms with Crippen molar-refractivity contribution in [2.24, 2.45) is 0 Å². The highest BCUT2D eigenvalue weighted by Crippen LogP contribution is 2.34. The van der Waals surface area contributed by atoms with Crippen molar-refractivity contribution >= 4 is 22.5 Å². The molecule has 3 nitrogen and oxygen atoms in total. The van der Waals surface area contributed by atoms with Gasteiger partial charge >= 0.3 is 0 Å². The fourth-order valence-corrected chi connectivity index (χ4v) is 4.38. The van der Waals surface area contributed by atoms with E-state index in [4.69, 9.17) is 11.6 Å². The molecule has 2 aromatic carbocycles. The Labute approximate surface area is 164 Å². The molecule has 142 valence electrons. The second-order valence-corrected chi connectivity index (χ2v) is 8.02. The zero-order chi connectivity index (χ0) is 19.1. The van der Waals surface area contributed by atoms with Crippen molar-refractivity contribution in [3.8, 4) is 0 Å². The number of likely N-dealkylation sites (N-methyl/N-ethyl adjacent to an activating group) is 1. The van der Waals surface area contributed by atoms with Crippen molar-refractivity contribution in [2.75, 3.05) is 13.6 Å². The SMILES string of the molecule is CC(O)C(Cn1c2c(c3cc(Cl)ccc31)CN(C)CC2)c1ccc(F)cc1. The Morgan fingerprint density at radius 1 is 1.19 bits per heavy atom. The minimum Gasteiger partial charge on any atom is -0.393 e. The van der Waals surface area contributed by atoms with Crippen molar-refractivity contribution in [1.82, 2.24) is 9.47 Å². The Morgan fingerprint density at radius 2 is 1.93 bits per heavy atom. The Hall–Kier alpha value is -1.88. The van der Waals surface area contributed by atoms with Crippen LogP contribution in [0.2, 0.25) is 5.02 Å².